The molecule has 0 N–H and O–H groups in total. The van der Waals surface area contributed by atoms with Crippen molar-refractivity contribution in [2.75, 3.05) is 26.2 Å². The molecule has 0 bridgehead atoms. The van der Waals surface area contributed by atoms with E-state index in [1.807, 2.05) is 18.2 Å². The number of nitro groups is 1. The van der Waals surface area contributed by atoms with Crippen molar-refractivity contribution in [1.82, 2.24) is 9.80 Å². The zero-order valence-corrected chi connectivity index (χ0v) is 20.7. The Morgan fingerprint density at radius 2 is 1.69 bits per heavy atom. The van der Waals surface area contributed by atoms with Crippen LogP contribution in [0.15, 0.2) is 78.9 Å². The van der Waals surface area contributed by atoms with Crippen molar-refractivity contribution in [3.8, 4) is 0 Å². The van der Waals surface area contributed by atoms with E-state index in [0.29, 0.717) is 19.6 Å². The van der Waals surface area contributed by atoms with Crippen molar-refractivity contribution in [3.63, 3.8) is 0 Å². The molecule has 188 valence electrons. The van der Waals surface area contributed by atoms with E-state index in [2.05, 4.69) is 30.9 Å². The van der Waals surface area contributed by atoms with Crippen LogP contribution in [0.4, 0.5) is 10.1 Å². The van der Waals surface area contributed by atoms with Gasteiger partial charge >= 0.3 is 0 Å². The maximum Gasteiger partial charge on any atom is 0.269 e. The molecule has 1 amide bonds. The average molecular weight is 490 g/mol. The fourth-order valence-corrected chi connectivity index (χ4v) is 5.10. The number of non-ortho nitro benzene ring substituents is 1. The summed E-state index contributed by atoms with van der Waals surface area (Å²) in [5.41, 5.74) is 2.41. The van der Waals surface area contributed by atoms with Gasteiger partial charge in [-0.1, -0.05) is 68.4 Å². The number of hydrogen-bond acceptors (Lipinski definition) is 4. The van der Waals surface area contributed by atoms with Gasteiger partial charge in [0.05, 0.1) is 10.5 Å². The first-order chi connectivity index (χ1) is 17.3. The number of nitro benzene ring substituents is 1. The zero-order chi connectivity index (χ0) is 25.7. The Labute approximate surface area is 211 Å². The smallest absolute Gasteiger partial charge is 0.269 e. The third-order valence-corrected chi connectivity index (χ3v) is 6.73. The van der Waals surface area contributed by atoms with Crippen LogP contribution in [0.2, 0.25) is 0 Å². The Morgan fingerprint density at radius 3 is 2.33 bits per heavy atom. The number of carbonyl (C=O) groups excluding carboxylic acids is 1. The van der Waals surface area contributed by atoms with Crippen LogP contribution in [0, 0.1) is 27.8 Å². The van der Waals surface area contributed by atoms with Crippen molar-refractivity contribution in [1.29, 1.82) is 0 Å². The molecular weight excluding hydrogens is 457 g/mol. The van der Waals surface area contributed by atoms with E-state index < -0.39 is 10.7 Å². The number of amides is 1. The summed E-state index contributed by atoms with van der Waals surface area (Å²) in [5, 5.41) is 11.0. The number of halogens is 1. The second kappa shape index (κ2) is 11.4. The summed E-state index contributed by atoms with van der Waals surface area (Å²) < 4.78 is 14.5. The Hall–Kier alpha value is -3.58. The van der Waals surface area contributed by atoms with Crippen molar-refractivity contribution in [2.45, 2.75) is 26.3 Å². The molecular formula is C29H32FN3O3. The second-order valence-corrected chi connectivity index (χ2v) is 9.98. The van der Waals surface area contributed by atoms with Gasteiger partial charge in [-0.2, -0.15) is 0 Å². The van der Waals surface area contributed by atoms with Crippen molar-refractivity contribution >= 4 is 11.6 Å². The molecule has 36 heavy (non-hydrogen) atoms. The topological polar surface area (TPSA) is 66.7 Å². The molecule has 0 aromatic heterocycles. The van der Waals surface area contributed by atoms with Gasteiger partial charge in [0.2, 0.25) is 0 Å². The van der Waals surface area contributed by atoms with E-state index in [0.717, 1.165) is 18.7 Å². The molecule has 2 atom stereocenters. The lowest BCUT2D eigenvalue weighted by Gasteiger charge is -2.30. The van der Waals surface area contributed by atoms with Gasteiger partial charge in [0.25, 0.3) is 11.6 Å². The number of carbonyl (C=O) groups is 1. The Kier molecular flexibility index (Phi) is 8.10. The third-order valence-electron chi connectivity index (χ3n) is 6.73. The summed E-state index contributed by atoms with van der Waals surface area (Å²) in [7, 11) is 0. The quantitative estimate of drug-likeness (QED) is 0.284. The van der Waals surface area contributed by atoms with Crippen LogP contribution in [-0.2, 0) is 6.54 Å². The number of nitrogens with zero attached hydrogens (tertiary/aromatic N) is 3. The first-order valence-electron chi connectivity index (χ1n) is 12.4. The maximum atomic E-state index is 14.5. The van der Waals surface area contributed by atoms with E-state index in [4.69, 9.17) is 0 Å². The highest BCUT2D eigenvalue weighted by Gasteiger charge is 2.36. The van der Waals surface area contributed by atoms with Crippen molar-refractivity contribution in [2.24, 2.45) is 11.8 Å². The van der Waals surface area contributed by atoms with Crippen LogP contribution in [0.3, 0.4) is 0 Å². The summed E-state index contributed by atoms with van der Waals surface area (Å²) in [6.07, 6.45) is 0. The van der Waals surface area contributed by atoms with Gasteiger partial charge in [0, 0.05) is 50.8 Å². The van der Waals surface area contributed by atoms with E-state index >= 15 is 0 Å². The molecule has 1 aliphatic rings. The SMILES string of the molecule is CC(C)CN(C[C@H]1CN(Cc2ccc([N+](=O)[O-])cc2)C[C@H]1c1ccccc1)C(=O)c1ccccc1F. The number of hydrogen-bond donors (Lipinski definition) is 0. The molecule has 0 radical (unpaired) electrons. The molecule has 1 fully saturated rings. The van der Waals surface area contributed by atoms with Gasteiger partial charge in [-0.05, 0) is 35.1 Å². The van der Waals surface area contributed by atoms with Crippen LogP contribution in [0.25, 0.3) is 0 Å². The number of rotatable bonds is 9. The molecule has 0 aliphatic carbocycles. The molecule has 0 saturated carbocycles. The summed E-state index contributed by atoms with van der Waals surface area (Å²) in [5.74, 6) is -0.148. The minimum Gasteiger partial charge on any atom is -0.338 e. The molecule has 1 saturated heterocycles. The molecule has 1 heterocycles. The largest absolute Gasteiger partial charge is 0.338 e. The predicted molar refractivity (Wildman–Crippen MR) is 138 cm³/mol. The Morgan fingerprint density at radius 1 is 1.03 bits per heavy atom. The molecule has 0 unspecified atom stereocenters. The summed E-state index contributed by atoms with van der Waals surface area (Å²) in [6.45, 7) is 7.46. The standard InChI is InChI=1S/C29H32FN3O3/c1-21(2)16-32(29(34)26-10-6-7-11-28(26)30)19-24-18-31(20-27(24)23-8-4-3-5-9-23)17-22-12-14-25(15-13-22)33(35)36/h3-15,21,24,27H,16-20H2,1-2H3/t24-,27+/m1/s1. The van der Waals surface area contributed by atoms with Crippen LogP contribution in [0.1, 0.15) is 41.3 Å². The highest BCUT2D eigenvalue weighted by Crippen LogP contribution is 2.34. The summed E-state index contributed by atoms with van der Waals surface area (Å²) >= 11 is 0. The second-order valence-electron chi connectivity index (χ2n) is 9.98. The molecule has 3 aromatic rings. The average Bonchev–Trinajstić information content (AvgIpc) is 3.26. The minimum atomic E-state index is -0.498. The maximum absolute atomic E-state index is 14.5. The molecule has 1 aliphatic heterocycles. The zero-order valence-electron chi connectivity index (χ0n) is 20.7. The van der Waals surface area contributed by atoms with Gasteiger partial charge in [0.15, 0.2) is 0 Å². The fraction of sp³-hybridized carbons (Fsp3) is 0.345. The van der Waals surface area contributed by atoms with Gasteiger partial charge in [-0.3, -0.25) is 19.8 Å². The predicted octanol–water partition coefficient (Wildman–Crippen LogP) is 5.75. The van der Waals surface area contributed by atoms with E-state index in [1.165, 1.54) is 23.8 Å². The lowest BCUT2D eigenvalue weighted by atomic mass is 9.88. The lowest BCUT2D eigenvalue weighted by Crippen LogP contribution is -2.40. The van der Waals surface area contributed by atoms with Gasteiger partial charge < -0.3 is 4.90 Å². The minimum absolute atomic E-state index is 0.0798. The van der Waals surface area contributed by atoms with Crippen molar-refractivity contribution in [3.05, 3.63) is 111 Å². The van der Waals surface area contributed by atoms with Crippen LogP contribution in [0.5, 0.6) is 0 Å². The Bertz CT molecular complexity index is 1180. The molecule has 6 nitrogen and oxygen atoms in total. The molecule has 0 spiro atoms. The van der Waals surface area contributed by atoms with Crippen LogP contribution in [-0.4, -0.2) is 46.8 Å². The van der Waals surface area contributed by atoms with Crippen molar-refractivity contribution < 1.29 is 14.1 Å². The van der Waals surface area contributed by atoms with Gasteiger partial charge in [0.1, 0.15) is 5.82 Å². The highest BCUT2D eigenvalue weighted by atomic mass is 19.1. The fourth-order valence-electron chi connectivity index (χ4n) is 5.10. The van der Waals surface area contributed by atoms with E-state index in [-0.39, 0.29) is 34.9 Å². The molecule has 4 rings (SSSR count). The summed E-state index contributed by atoms with van der Waals surface area (Å²) in [4.78, 5) is 28.2. The molecule has 7 heteroatoms. The summed E-state index contributed by atoms with van der Waals surface area (Å²) in [6, 6.07) is 23.1. The number of benzene rings is 3. The van der Waals surface area contributed by atoms with Crippen LogP contribution < -0.4 is 0 Å². The first kappa shape index (κ1) is 25.5. The Balaban J connectivity index is 1.56. The highest BCUT2D eigenvalue weighted by molar-refractivity contribution is 5.94. The van der Waals surface area contributed by atoms with E-state index in [9.17, 15) is 19.3 Å². The molecule has 3 aromatic carbocycles. The lowest BCUT2D eigenvalue weighted by molar-refractivity contribution is -0.384. The monoisotopic (exact) mass is 489 g/mol. The van der Waals surface area contributed by atoms with Gasteiger partial charge in [-0.15, -0.1) is 0 Å². The number of likely N-dealkylation sites (tertiary alicyclic amines) is 1. The van der Waals surface area contributed by atoms with Crippen LogP contribution >= 0.6 is 0 Å². The third kappa shape index (κ3) is 6.15. The first-order valence-corrected chi connectivity index (χ1v) is 12.4. The normalized spacial score (nSPS) is 17.9. The van der Waals surface area contributed by atoms with E-state index in [1.54, 1.807) is 35.2 Å². The van der Waals surface area contributed by atoms with Gasteiger partial charge in [-0.25, -0.2) is 4.39 Å².